The molecule has 2 rings (SSSR count). The zero-order chi connectivity index (χ0) is 14.4. The van der Waals surface area contributed by atoms with Gasteiger partial charge in [0.2, 0.25) is 0 Å². The third-order valence-electron chi connectivity index (χ3n) is 2.55. The second-order valence-electron chi connectivity index (χ2n) is 4.10. The minimum atomic E-state index is -0.978. The molecule has 20 heavy (non-hydrogen) atoms. The van der Waals surface area contributed by atoms with Crippen LogP contribution in [0.5, 0.6) is 0 Å². The first-order chi connectivity index (χ1) is 9.65. The molecule has 0 amide bonds. The van der Waals surface area contributed by atoms with Gasteiger partial charge in [0.25, 0.3) is 0 Å². The van der Waals surface area contributed by atoms with Crippen molar-refractivity contribution in [2.45, 2.75) is 13.2 Å². The highest BCUT2D eigenvalue weighted by molar-refractivity contribution is 7.10. The Morgan fingerprint density at radius 1 is 1.35 bits per heavy atom. The van der Waals surface area contributed by atoms with Gasteiger partial charge in [-0.15, -0.1) is 11.3 Å². The fraction of sp³-hybridized carbons (Fsp3) is 0.133. The maximum Gasteiger partial charge on any atom is 0.328 e. The van der Waals surface area contributed by atoms with Crippen LogP contribution in [0, 0.1) is 5.82 Å². The molecule has 1 aromatic heterocycles. The highest BCUT2D eigenvalue weighted by atomic mass is 32.1. The van der Waals surface area contributed by atoms with Crippen LogP contribution in [-0.2, 0) is 22.7 Å². The summed E-state index contributed by atoms with van der Waals surface area (Å²) in [4.78, 5) is 11.4. The SMILES string of the molecule is O=C(O)C=Cc1csc(COCc2ccccc2F)c1. The van der Waals surface area contributed by atoms with E-state index in [4.69, 9.17) is 9.84 Å². The molecule has 0 aliphatic carbocycles. The summed E-state index contributed by atoms with van der Waals surface area (Å²) in [6.07, 6.45) is 2.62. The van der Waals surface area contributed by atoms with Crippen LogP contribution in [-0.4, -0.2) is 11.1 Å². The molecule has 0 atom stereocenters. The summed E-state index contributed by atoms with van der Waals surface area (Å²) in [5, 5.41) is 10.4. The van der Waals surface area contributed by atoms with Gasteiger partial charge in [-0.3, -0.25) is 0 Å². The van der Waals surface area contributed by atoms with Crippen LogP contribution in [0.1, 0.15) is 16.0 Å². The standard InChI is InChI=1S/C15H13FO3S/c16-14-4-2-1-3-12(14)8-19-9-13-7-11(10-20-13)5-6-15(17)18/h1-7,10H,8-9H2,(H,17,18). The second kappa shape index (κ2) is 6.98. The number of carbonyl (C=O) groups is 1. The molecule has 2 aromatic rings. The van der Waals surface area contributed by atoms with Crippen molar-refractivity contribution in [3.63, 3.8) is 0 Å². The van der Waals surface area contributed by atoms with Crippen molar-refractivity contribution in [1.82, 2.24) is 0 Å². The molecule has 3 nitrogen and oxygen atoms in total. The maximum atomic E-state index is 13.4. The lowest BCUT2D eigenvalue weighted by molar-refractivity contribution is -0.131. The smallest absolute Gasteiger partial charge is 0.328 e. The summed E-state index contributed by atoms with van der Waals surface area (Å²) in [6, 6.07) is 8.34. The second-order valence-corrected chi connectivity index (χ2v) is 5.10. The molecule has 0 aliphatic rings. The van der Waals surface area contributed by atoms with Gasteiger partial charge in [-0.1, -0.05) is 18.2 Å². The number of hydrogen-bond donors (Lipinski definition) is 1. The zero-order valence-electron chi connectivity index (χ0n) is 10.6. The third kappa shape index (κ3) is 4.29. The van der Waals surface area contributed by atoms with Crippen molar-refractivity contribution in [2.24, 2.45) is 0 Å². The van der Waals surface area contributed by atoms with E-state index in [1.165, 1.54) is 23.5 Å². The summed E-state index contributed by atoms with van der Waals surface area (Å²) in [7, 11) is 0. The van der Waals surface area contributed by atoms with E-state index >= 15 is 0 Å². The van der Waals surface area contributed by atoms with Gasteiger partial charge >= 0.3 is 5.97 Å². The van der Waals surface area contributed by atoms with Gasteiger partial charge in [0.05, 0.1) is 13.2 Å². The highest BCUT2D eigenvalue weighted by Gasteiger charge is 2.02. The number of carboxylic acids is 1. The highest BCUT2D eigenvalue weighted by Crippen LogP contribution is 2.18. The van der Waals surface area contributed by atoms with E-state index in [0.717, 1.165) is 16.5 Å². The van der Waals surface area contributed by atoms with Gasteiger partial charge in [0.15, 0.2) is 0 Å². The number of carboxylic acid groups (broad SMARTS) is 1. The quantitative estimate of drug-likeness (QED) is 0.826. The van der Waals surface area contributed by atoms with Crippen LogP contribution in [0.15, 0.2) is 41.8 Å². The number of rotatable bonds is 6. The minimum absolute atomic E-state index is 0.213. The molecule has 1 heterocycles. The van der Waals surface area contributed by atoms with E-state index < -0.39 is 5.97 Å². The predicted octanol–water partition coefficient (Wildman–Crippen LogP) is 3.70. The molecule has 1 aromatic carbocycles. The number of benzene rings is 1. The molecule has 0 bridgehead atoms. The average Bonchev–Trinajstić information content (AvgIpc) is 2.87. The van der Waals surface area contributed by atoms with E-state index in [-0.39, 0.29) is 12.4 Å². The number of aliphatic carboxylic acids is 1. The molecule has 0 aliphatic heterocycles. The van der Waals surface area contributed by atoms with Crippen LogP contribution in [0.3, 0.4) is 0 Å². The predicted molar refractivity (Wildman–Crippen MR) is 75.9 cm³/mol. The Hall–Kier alpha value is -1.98. The van der Waals surface area contributed by atoms with E-state index in [9.17, 15) is 9.18 Å². The van der Waals surface area contributed by atoms with Crippen molar-refractivity contribution >= 4 is 23.4 Å². The zero-order valence-corrected chi connectivity index (χ0v) is 11.4. The largest absolute Gasteiger partial charge is 0.478 e. The summed E-state index contributed by atoms with van der Waals surface area (Å²) in [5.74, 6) is -1.25. The lowest BCUT2D eigenvalue weighted by atomic mass is 10.2. The molecule has 0 spiro atoms. The van der Waals surface area contributed by atoms with Crippen molar-refractivity contribution in [1.29, 1.82) is 0 Å². The Labute approximate surface area is 119 Å². The van der Waals surface area contributed by atoms with Gasteiger partial charge in [0, 0.05) is 16.5 Å². The molecule has 0 radical (unpaired) electrons. The first-order valence-electron chi connectivity index (χ1n) is 5.95. The van der Waals surface area contributed by atoms with Gasteiger partial charge in [0.1, 0.15) is 5.82 Å². The van der Waals surface area contributed by atoms with Crippen LogP contribution >= 0.6 is 11.3 Å². The number of ether oxygens (including phenoxy) is 1. The molecule has 0 unspecified atom stereocenters. The minimum Gasteiger partial charge on any atom is -0.478 e. The fourth-order valence-corrected chi connectivity index (χ4v) is 2.39. The van der Waals surface area contributed by atoms with Crippen LogP contribution in [0.2, 0.25) is 0 Å². The molecule has 0 saturated carbocycles. The summed E-state index contributed by atoms with van der Waals surface area (Å²) in [5.41, 5.74) is 1.34. The van der Waals surface area contributed by atoms with Crippen molar-refractivity contribution < 1.29 is 19.0 Å². The van der Waals surface area contributed by atoms with E-state index in [2.05, 4.69) is 0 Å². The Bertz CT molecular complexity index is 619. The Morgan fingerprint density at radius 3 is 2.90 bits per heavy atom. The summed E-state index contributed by atoms with van der Waals surface area (Å²) >= 11 is 1.48. The maximum absolute atomic E-state index is 13.4. The Balaban J connectivity index is 1.86. The topological polar surface area (TPSA) is 46.5 Å². The first-order valence-corrected chi connectivity index (χ1v) is 6.82. The lowest BCUT2D eigenvalue weighted by Gasteiger charge is -2.03. The van der Waals surface area contributed by atoms with E-state index in [1.807, 2.05) is 11.4 Å². The van der Waals surface area contributed by atoms with Crippen molar-refractivity contribution in [3.05, 3.63) is 63.6 Å². The number of hydrogen-bond acceptors (Lipinski definition) is 3. The van der Waals surface area contributed by atoms with E-state index in [1.54, 1.807) is 18.2 Å². The van der Waals surface area contributed by atoms with Crippen LogP contribution in [0.4, 0.5) is 4.39 Å². The number of thiophene rings is 1. The molecule has 104 valence electrons. The number of halogens is 1. The van der Waals surface area contributed by atoms with Crippen molar-refractivity contribution in [3.8, 4) is 0 Å². The van der Waals surface area contributed by atoms with Crippen LogP contribution in [0.25, 0.3) is 6.08 Å². The monoisotopic (exact) mass is 292 g/mol. The Morgan fingerprint density at radius 2 is 2.15 bits per heavy atom. The summed E-state index contributed by atoms with van der Waals surface area (Å²) in [6.45, 7) is 0.588. The third-order valence-corrected chi connectivity index (χ3v) is 3.48. The molecular weight excluding hydrogens is 279 g/mol. The first kappa shape index (κ1) is 14.4. The Kier molecular flexibility index (Phi) is 5.03. The van der Waals surface area contributed by atoms with Gasteiger partial charge in [-0.2, -0.15) is 0 Å². The molecule has 0 saturated heterocycles. The molecule has 1 N–H and O–H groups in total. The average molecular weight is 292 g/mol. The van der Waals surface area contributed by atoms with Gasteiger partial charge < -0.3 is 9.84 Å². The van der Waals surface area contributed by atoms with Crippen molar-refractivity contribution in [2.75, 3.05) is 0 Å². The molecule has 5 heteroatoms. The van der Waals surface area contributed by atoms with Gasteiger partial charge in [-0.05, 0) is 29.2 Å². The normalized spacial score (nSPS) is 11.1. The molecular formula is C15H13FO3S. The summed E-state index contributed by atoms with van der Waals surface area (Å²) < 4.78 is 18.8. The molecule has 0 fully saturated rings. The van der Waals surface area contributed by atoms with E-state index in [0.29, 0.717) is 12.2 Å². The van der Waals surface area contributed by atoms with Gasteiger partial charge in [-0.25, -0.2) is 9.18 Å². The fourth-order valence-electron chi connectivity index (χ4n) is 1.61. The van der Waals surface area contributed by atoms with Crippen LogP contribution < -0.4 is 0 Å². The lowest BCUT2D eigenvalue weighted by Crippen LogP contribution is -1.95.